The summed E-state index contributed by atoms with van der Waals surface area (Å²) >= 11 is 0. The smallest absolute Gasteiger partial charge is 0.271 e. The number of ketones is 1. The van der Waals surface area contributed by atoms with Crippen molar-refractivity contribution >= 4 is 17.4 Å². The summed E-state index contributed by atoms with van der Waals surface area (Å²) in [6.45, 7) is 5.88. The Bertz CT molecular complexity index is 1110. The van der Waals surface area contributed by atoms with Crippen molar-refractivity contribution in [3.8, 4) is 0 Å². The minimum Gasteiger partial charge on any atom is -0.371 e. The van der Waals surface area contributed by atoms with Gasteiger partial charge in [0.25, 0.3) is 5.91 Å². The molecule has 0 fully saturated rings. The maximum atomic E-state index is 13.6. The molecule has 32 heavy (non-hydrogen) atoms. The molecular formula is C27H28N2O3. The van der Waals surface area contributed by atoms with Crippen LogP contribution in [-0.2, 0) is 16.2 Å². The molecule has 0 saturated carbocycles. The second kappa shape index (κ2) is 8.97. The summed E-state index contributed by atoms with van der Waals surface area (Å²) in [5, 5.41) is 4.75. The van der Waals surface area contributed by atoms with Gasteiger partial charge in [0.05, 0.1) is 6.04 Å². The highest BCUT2D eigenvalue weighted by atomic mass is 16.7. The number of amides is 1. The molecule has 1 aliphatic rings. The number of hydroxylamine groups is 2. The molecule has 0 spiro atoms. The van der Waals surface area contributed by atoms with Crippen LogP contribution < -0.4 is 5.32 Å². The van der Waals surface area contributed by atoms with Crippen LogP contribution in [0.1, 0.15) is 53.4 Å². The van der Waals surface area contributed by atoms with E-state index in [2.05, 4.69) is 5.32 Å². The highest BCUT2D eigenvalue weighted by molar-refractivity contribution is 5.97. The number of benzene rings is 3. The van der Waals surface area contributed by atoms with Gasteiger partial charge in [-0.25, -0.2) is 5.06 Å². The van der Waals surface area contributed by atoms with Crippen LogP contribution in [-0.4, -0.2) is 22.3 Å². The Balaban J connectivity index is 1.71. The van der Waals surface area contributed by atoms with Crippen molar-refractivity contribution in [2.24, 2.45) is 0 Å². The summed E-state index contributed by atoms with van der Waals surface area (Å²) in [5.74, 6) is -0.253. The minimum absolute atomic E-state index is 0.0365. The highest BCUT2D eigenvalue weighted by Crippen LogP contribution is 2.38. The zero-order valence-electron chi connectivity index (χ0n) is 18.7. The van der Waals surface area contributed by atoms with E-state index >= 15 is 0 Å². The molecule has 1 N–H and O–H groups in total. The maximum Gasteiger partial charge on any atom is 0.271 e. The average Bonchev–Trinajstić information content (AvgIpc) is 2.86. The molecule has 0 aromatic heterocycles. The van der Waals surface area contributed by atoms with E-state index in [0.717, 1.165) is 22.4 Å². The molecule has 0 saturated heterocycles. The second-order valence-electron chi connectivity index (χ2n) is 8.74. The van der Waals surface area contributed by atoms with Gasteiger partial charge in [-0.05, 0) is 32.4 Å². The third kappa shape index (κ3) is 4.58. The number of nitrogens with one attached hydrogen (secondary N) is 1. The van der Waals surface area contributed by atoms with Gasteiger partial charge in [-0.1, -0.05) is 78.4 Å². The standard InChI is InChI=1S/C27H28N2O3/c1-19-13-15-21(16-14-19)25(30)17-24-22-11-7-8-12-23(22)28-27(2,3)26(31)29(24)32-18-20-9-5-4-6-10-20/h4-16,24,28H,17-18H2,1-3H3. The predicted octanol–water partition coefficient (Wildman–Crippen LogP) is 5.47. The molecule has 5 heteroatoms. The van der Waals surface area contributed by atoms with Crippen molar-refractivity contribution in [2.75, 3.05) is 5.32 Å². The van der Waals surface area contributed by atoms with E-state index < -0.39 is 11.6 Å². The van der Waals surface area contributed by atoms with Crippen LogP contribution >= 0.6 is 0 Å². The Morgan fingerprint density at radius 3 is 2.34 bits per heavy atom. The quantitative estimate of drug-likeness (QED) is 0.529. The predicted molar refractivity (Wildman–Crippen MR) is 125 cm³/mol. The first-order valence-corrected chi connectivity index (χ1v) is 10.8. The highest BCUT2D eigenvalue weighted by Gasteiger charge is 2.42. The summed E-state index contributed by atoms with van der Waals surface area (Å²) < 4.78 is 0. The number of fused-ring (bicyclic) bond motifs is 1. The van der Waals surface area contributed by atoms with Gasteiger partial charge in [0.2, 0.25) is 0 Å². The monoisotopic (exact) mass is 428 g/mol. The fraction of sp³-hybridized carbons (Fsp3) is 0.259. The Morgan fingerprint density at radius 1 is 0.969 bits per heavy atom. The van der Waals surface area contributed by atoms with Crippen molar-refractivity contribution in [3.05, 3.63) is 101 Å². The number of hydrogen-bond donors (Lipinski definition) is 1. The van der Waals surface area contributed by atoms with E-state index in [1.54, 1.807) is 0 Å². The molecule has 1 unspecified atom stereocenters. The van der Waals surface area contributed by atoms with Gasteiger partial charge in [0.15, 0.2) is 5.78 Å². The third-order valence-electron chi connectivity index (χ3n) is 5.75. The maximum absolute atomic E-state index is 13.6. The average molecular weight is 429 g/mol. The van der Waals surface area contributed by atoms with Gasteiger partial charge in [0.1, 0.15) is 12.1 Å². The molecular weight excluding hydrogens is 400 g/mol. The number of hydrogen-bond acceptors (Lipinski definition) is 4. The van der Waals surface area contributed by atoms with Gasteiger partial charge in [-0.2, -0.15) is 0 Å². The van der Waals surface area contributed by atoms with Crippen LogP contribution in [0.5, 0.6) is 0 Å². The second-order valence-corrected chi connectivity index (χ2v) is 8.74. The number of carbonyl (C=O) groups excluding carboxylic acids is 2. The first-order chi connectivity index (χ1) is 15.3. The van der Waals surface area contributed by atoms with Crippen LogP contribution in [0.25, 0.3) is 0 Å². The summed E-state index contributed by atoms with van der Waals surface area (Å²) in [5.41, 5.74) is 3.47. The molecule has 1 atom stereocenters. The van der Waals surface area contributed by atoms with Crippen LogP contribution in [0.4, 0.5) is 5.69 Å². The topological polar surface area (TPSA) is 58.6 Å². The molecule has 5 nitrogen and oxygen atoms in total. The summed E-state index contributed by atoms with van der Waals surface area (Å²) in [6, 6.07) is 24.4. The first-order valence-electron chi connectivity index (χ1n) is 10.8. The third-order valence-corrected chi connectivity index (χ3v) is 5.75. The van der Waals surface area contributed by atoms with Crippen molar-refractivity contribution < 1.29 is 14.4 Å². The molecule has 1 aliphatic heterocycles. The van der Waals surface area contributed by atoms with E-state index in [1.165, 1.54) is 5.06 Å². The molecule has 4 rings (SSSR count). The molecule has 0 radical (unpaired) electrons. The molecule has 164 valence electrons. The minimum atomic E-state index is -0.894. The van der Waals surface area contributed by atoms with Crippen LogP contribution in [0.15, 0.2) is 78.9 Å². The Hall–Kier alpha value is -3.44. The lowest BCUT2D eigenvalue weighted by molar-refractivity contribution is -0.209. The molecule has 0 bridgehead atoms. The van der Waals surface area contributed by atoms with Gasteiger partial charge in [-0.3, -0.25) is 14.4 Å². The summed E-state index contributed by atoms with van der Waals surface area (Å²) in [6.07, 6.45) is 0.123. The Kier molecular flexibility index (Phi) is 6.10. The van der Waals surface area contributed by atoms with E-state index in [9.17, 15) is 9.59 Å². The lowest BCUT2D eigenvalue weighted by Gasteiger charge is -2.33. The number of aryl methyl sites for hydroxylation is 1. The van der Waals surface area contributed by atoms with Crippen LogP contribution in [0, 0.1) is 6.92 Å². The van der Waals surface area contributed by atoms with Crippen LogP contribution in [0.2, 0.25) is 0 Å². The van der Waals surface area contributed by atoms with E-state index in [-0.39, 0.29) is 24.7 Å². The number of Topliss-reactive ketones (excluding diaryl/α,β-unsaturated/α-hetero) is 1. The fourth-order valence-corrected chi connectivity index (χ4v) is 3.93. The number of anilines is 1. The number of nitrogens with zero attached hydrogens (tertiary/aromatic N) is 1. The molecule has 3 aromatic carbocycles. The Labute approximate surface area is 189 Å². The van der Waals surface area contributed by atoms with Crippen molar-refractivity contribution in [3.63, 3.8) is 0 Å². The largest absolute Gasteiger partial charge is 0.371 e. The molecule has 3 aromatic rings. The van der Waals surface area contributed by atoms with Crippen molar-refractivity contribution in [2.45, 2.75) is 45.4 Å². The molecule has 1 heterocycles. The molecule has 1 amide bonds. The van der Waals surface area contributed by atoms with Gasteiger partial charge >= 0.3 is 0 Å². The van der Waals surface area contributed by atoms with Crippen molar-refractivity contribution in [1.29, 1.82) is 0 Å². The Morgan fingerprint density at radius 2 is 1.62 bits per heavy atom. The van der Waals surface area contributed by atoms with E-state index in [0.29, 0.717) is 5.56 Å². The van der Waals surface area contributed by atoms with Crippen LogP contribution in [0.3, 0.4) is 0 Å². The van der Waals surface area contributed by atoms with Crippen molar-refractivity contribution in [1.82, 2.24) is 5.06 Å². The zero-order chi connectivity index (χ0) is 22.7. The SMILES string of the molecule is Cc1ccc(C(=O)CC2c3ccccc3NC(C)(C)C(=O)N2OCc2ccccc2)cc1. The van der Waals surface area contributed by atoms with E-state index in [4.69, 9.17) is 4.84 Å². The lowest BCUT2D eigenvalue weighted by atomic mass is 9.96. The van der Waals surface area contributed by atoms with E-state index in [1.807, 2.05) is 99.6 Å². The molecule has 0 aliphatic carbocycles. The lowest BCUT2D eigenvalue weighted by Crippen LogP contribution is -2.49. The number of rotatable bonds is 6. The number of carbonyl (C=O) groups is 2. The summed E-state index contributed by atoms with van der Waals surface area (Å²) in [4.78, 5) is 32.9. The first kappa shape index (κ1) is 21.8. The number of para-hydroxylation sites is 1. The summed E-state index contributed by atoms with van der Waals surface area (Å²) in [7, 11) is 0. The fourth-order valence-electron chi connectivity index (χ4n) is 3.93. The van der Waals surface area contributed by atoms with Gasteiger partial charge in [0, 0.05) is 23.2 Å². The van der Waals surface area contributed by atoms with Gasteiger partial charge < -0.3 is 5.32 Å². The van der Waals surface area contributed by atoms with Gasteiger partial charge in [-0.15, -0.1) is 0 Å². The normalized spacial score (nSPS) is 17.3. The zero-order valence-corrected chi connectivity index (χ0v) is 18.7.